The van der Waals surface area contributed by atoms with Crippen LogP contribution in [0.1, 0.15) is 23.4 Å². The predicted octanol–water partition coefficient (Wildman–Crippen LogP) is 3.44. The third-order valence-corrected chi connectivity index (χ3v) is 2.68. The number of carbonyl (C=O) groups is 1. The molecule has 0 aliphatic rings. The SMILES string of the molecule is O=C(O)Cc1nc(C(F)F)c(OC(F)(F)F)cc1CBr. The molecule has 0 spiro atoms. The van der Waals surface area contributed by atoms with Crippen molar-refractivity contribution < 1.29 is 36.6 Å². The maximum Gasteiger partial charge on any atom is 0.573 e. The molecule has 0 radical (unpaired) electrons. The average Bonchev–Trinajstić information content (AvgIpc) is 2.27. The highest BCUT2D eigenvalue weighted by molar-refractivity contribution is 9.08. The summed E-state index contributed by atoms with van der Waals surface area (Å²) in [6.45, 7) is 0. The largest absolute Gasteiger partial charge is 0.573 e. The van der Waals surface area contributed by atoms with Crippen molar-refractivity contribution in [1.82, 2.24) is 4.98 Å². The average molecular weight is 364 g/mol. The molecule has 1 aromatic heterocycles. The van der Waals surface area contributed by atoms with Crippen LogP contribution in [0.2, 0.25) is 0 Å². The van der Waals surface area contributed by atoms with Gasteiger partial charge in [0.2, 0.25) is 0 Å². The number of halogens is 6. The van der Waals surface area contributed by atoms with Crippen LogP contribution in [0, 0.1) is 0 Å². The number of alkyl halides is 6. The van der Waals surface area contributed by atoms with Crippen LogP contribution in [0.5, 0.6) is 5.75 Å². The van der Waals surface area contributed by atoms with Crippen LogP contribution in [0.25, 0.3) is 0 Å². The van der Waals surface area contributed by atoms with Gasteiger partial charge in [0, 0.05) is 5.33 Å². The normalized spacial score (nSPS) is 11.8. The number of aromatic nitrogens is 1. The summed E-state index contributed by atoms with van der Waals surface area (Å²) in [5.74, 6) is -2.49. The molecular formula is C10H7BrF5NO3. The van der Waals surface area contributed by atoms with Gasteiger partial charge in [-0.25, -0.2) is 13.8 Å². The molecule has 10 heteroatoms. The minimum Gasteiger partial charge on any atom is -0.481 e. The van der Waals surface area contributed by atoms with E-state index in [2.05, 4.69) is 25.7 Å². The minimum absolute atomic E-state index is 0.0241. The minimum atomic E-state index is -5.15. The lowest BCUT2D eigenvalue weighted by molar-refractivity contribution is -0.275. The molecule has 0 saturated heterocycles. The maximum absolute atomic E-state index is 12.7. The number of hydrogen-bond acceptors (Lipinski definition) is 3. The molecular weight excluding hydrogens is 357 g/mol. The molecule has 0 bridgehead atoms. The van der Waals surface area contributed by atoms with E-state index in [0.29, 0.717) is 6.07 Å². The van der Waals surface area contributed by atoms with Crippen molar-refractivity contribution in [2.24, 2.45) is 0 Å². The molecule has 112 valence electrons. The summed E-state index contributed by atoms with van der Waals surface area (Å²) in [5.41, 5.74) is -1.47. The monoisotopic (exact) mass is 363 g/mol. The fraction of sp³-hybridized carbons (Fsp3) is 0.400. The zero-order valence-electron chi connectivity index (χ0n) is 9.55. The summed E-state index contributed by atoms with van der Waals surface area (Å²) in [6.07, 6.45) is -9.17. The van der Waals surface area contributed by atoms with E-state index in [1.807, 2.05) is 0 Å². The van der Waals surface area contributed by atoms with Crippen molar-refractivity contribution in [3.05, 3.63) is 23.0 Å². The van der Waals surface area contributed by atoms with Gasteiger partial charge in [-0.1, -0.05) is 15.9 Å². The standard InChI is InChI=1S/C10H7BrF5NO3/c11-3-4-1-6(20-10(14,15)16)8(9(12)13)17-5(4)2-7(18)19/h1,9H,2-3H2,(H,18,19). The van der Waals surface area contributed by atoms with E-state index < -0.39 is 36.6 Å². The van der Waals surface area contributed by atoms with Gasteiger partial charge in [-0.2, -0.15) is 0 Å². The number of aliphatic carboxylic acids is 1. The first-order valence-electron chi connectivity index (χ1n) is 4.98. The molecule has 20 heavy (non-hydrogen) atoms. The summed E-state index contributed by atoms with van der Waals surface area (Å²) in [5, 5.41) is 8.56. The smallest absolute Gasteiger partial charge is 0.481 e. The summed E-state index contributed by atoms with van der Waals surface area (Å²) in [6, 6.07) is 0.703. The Kier molecular flexibility index (Phi) is 5.26. The Hall–Kier alpha value is -1.45. The molecule has 0 saturated carbocycles. The Morgan fingerprint density at radius 2 is 2.05 bits per heavy atom. The summed E-state index contributed by atoms with van der Waals surface area (Å²) < 4.78 is 65.3. The lowest BCUT2D eigenvalue weighted by Crippen LogP contribution is -2.19. The molecule has 0 atom stereocenters. The van der Waals surface area contributed by atoms with Crippen molar-refractivity contribution in [2.45, 2.75) is 24.5 Å². The molecule has 1 N–H and O–H groups in total. The topological polar surface area (TPSA) is 59.4 Å². The number of hydrogen-bond donors (Lipinski definition) is 1. The number of carboxylic acids is 1. The second-order valence-corrected chi connectivity index (χ2v) is 4.09. The molecule has 0 unspecified atom stereocenters. The van der Waals surface area contributed by atoms with Gasteiger partial charge in [0.15, 0.2) is 5.75 Å². The van der Waals surface area contributed by atoms with E-state index in [4.69, 9.17) is 5.11 Å². The highest BCUT2D eigenvalue weighted by Gasteiger charge is 2.34. The number of rotatable bonds is 5. The first-order valence-corrected chi connectivity index (χ1v) is 6.10. The lowest BCUT2D eigenvalue weighted by Gasteiger charge is -2.15. The molecule has 0 fully saturated rings. The second kappa shape index (κ2) is 6.33. The molecule has 0 amide bonds. The number of pyridine rings is 1. The van der Waals surface area contributed by atoms with Crippen molar-refractivity contribution >= 4 is 21.9 Å². The van der Waals surface area contributed by atoms with Gasteiger partial charge in [0.25, 0.3) is 6.43 Å². The van der Waals surface area contributed by atoms with Crippen LogP contribution in [0.15, 0.2) is 6.07 Å². The van der Waals surface area contributed by atoms with Gasteiger partial charge in [-0.3, -0.25) is 4.79 Å². The molecule has 1 rings (SSSR count). The first kappa shape index (κ1) is 16.6. The first-order chi connectivity index (χ1) is 9.14. The van der Waals surface area contributed by atoms with Crippen LogP contribution in [0.3, 0.4) is 0 Å². The van der Waals surface area contributed by atoms with Gasteiger partial charge in [-0.15, -0.1) is 13.2 Å². The number of ether oxygens (including phenoxy) is 1. The highest BCUT2D eigenvalue weighted by Crippen LogP contribution is 2.33. The van der Waals surface area contributed by atoms with Crippen molar-refractivity contribution in [1.29, 1.82) is 0 Å². The Balaban J connectivity index is 3.33. The van der Waals surface area contributed by atoms with E-state index in [0.717, 1.165) is 0 Å². The Labute approximate surface area is 117 Å². The van der Waals surface area contributed by atoms with Gasteiger partial charge in [0.05, 0.1) is 12.1 Å². The van der Waals surface area contributed by atoms with Crippen LogP contribution < -0.4 is 4.74 Å². The third kappa shape index (κ3) is 4.58. The van der Waals surface area contributed by atoms with Gasteiger partial charge in [-0.05, 0) is 11.6 Å². The Bertz CT molecular complexity index is 506. The molecule has 1 aromatic rings. The summed E-state index contributed by atoms with van der Waals surface area (Å²) >= 11 is 2.92. The van der Waals surface area contributed by atoms with E-state index in [1.165, 1.54) is 0 Å². The van der Waals surface area contributed by atoms with Crippen molar-refractivity contribution in [3.63, 3.8) is 0 Å². The summed E-state index contributed by atoms with van der Waals surface area (Å²) in [4.78, 5) is 13.9. The van der Waals surface area contributed by atoms with E-state index in [9.17, 15) is 26.7 Å². The van der Waals surface area contributed by atoms with Gasteiger partial charge < -0.3 is 9.84 Å². The highest BCUT2D eigenvalue weighted by atomic mass is 79.9. The molecule has 0 aromatic carbocycles. The Morgan fingerprint density at radius 3 is 2.45 bits per heavy atom. The molecule has 1 heterocycles. The zero-order chi connectivity index (χ0) is 15.5. The Morgan fingerprint density at radius 1 is 1.45 bits per heavy atom. The fourth-order valence-corrected chi connectivity index (χ4v) is 1.85. The van der Waals surface area contributed by atoms with Crippen molar-refractivity contribution in [2.75, 3.05) is 0 Å². The fourth-order valence-electron chi connectivity index (χ4n) is 1.36. The second-order valence-electron chi connectivity index (χ2n) is 3.53. The van der Waals surface area contributed by atoms with Crippen LogP contribution >= 0.6 is 15.9 Å². The predicted molar refractivity (Wildman–Crippen MR) is 59.8 cm³/mol. The molecule has 0 aliphatic heterocycles. The molecule has 0 aliphatic carbocycles. The summed E-state index contributed by atoms with van der Waals surface area (Å²) in [7, 11) is 0. The molecule has 4 nitrogen and oxygen atoms in total. The zero-order valence-corrected chi connectivity index (χ0v) is 11.1. The third-order valence-electron chi connectivity index (χ3n) is 2.08. The van der Waals surface area contributed by atoms with Crippen LogP contribution in [-0.2, 0) is 16.5 Å². The number of carboxylic acid groups (broad SMARTS) is 1. The van der Waals surface area contributed by atoms with Crippen LogP contribution in [-0.4, -0.2) is 22.4 Å². The quantitative estimate of drug-likeness (QED) is 0.643. The maximum atomic E-state index is 12.7. The van der Waals surface area contributed by atoms with Gasteiger partial charge in [0.1, 0.15) is 5.69 Å². The lowest BCUT2D eigenvalue weighted by atomic mass is 10.1. The van der Waals surface area contributed by atoms with E-state index in [-0.39, 0.29) is 16.6 Å². The van der Waals surface area contributed by atoms with E-state index >= 15 is 0 Å². The number of nitrogens with zero attached hydrogens (tertiary/aromatic N) is 1. The van der Waals surface area contributed by atoms with Crippen molar-refractivity contribution in [3.8, 4) is 5.75 Å². The van der Waals surface area contributed by atoms with E-state index in [1.54, 1.807) is 0 Å². The van der Waals surface area contributed by atoms with Crippen LogP contribution in [0.4, 0.5) is 22.0 Å². The van der Waals surface area contributed by atoms with Gasteiger partial charge >= 0.3 is 12.3 Å².